The van der Waals surface area contributed by atoms with Crippen LogP contribution in [0.1, 0.15) is 132 Å². The molecule has 8 unspecified atom stereocenters. The summed E-state index contributed by atoms with van der Waals surface area (Å²) in [4.78, 5) is 28.8. The summed E-state index contributed by atoms with van der Waals surface area (Å²) in [5, 5.41) is 129. The highest BCUT2D eigenvalue weighted by Crippen LogP contribution is 2.76. The molecule has 0 spiro atoms. The normalized spacial score (nSPS) is 50.9. The highest BCUT2D eigenvalue weighted by atomic mass is 16.8. The van der Waals surface area contributed by atoms with E-state index in [-0.39, 0.29) is 46.0 Å². The van der Waals surface area contributed by atoms with Crippen molar-refractivity contribution in [3.8, 4) is 0 Å². The van der Waals surface area contributed by atoms with Crippen molar-refractivity contribution < 1.29 is 113 Å². The van der Waals surface area contributed by atoms with Crippen molar-refractivity contribution in [1.29, 1.82) is 0 Å². The fraction of sp³-hybridized carbons (Fsp3) is 0.930. The minimum absolute atomic E-state index is 0.0166. The fourth-order valence-corrected chi connectivity index (χ4v) is 16.6. The molecule has 12 N–H and O–H groups in total. The summed E-state index contributed by atoms with van der Waals surface area (Å²) in [5.41, 5.74) is -1.34. The number of ether oxygens (including phenoxy) is 9. The third-order valence-electron chi connectivity index (χ3n) is 21.7. The number of hydrogen-bond acceptors (Lipinski definition) is 23. The van der Waals surface area contributed by atoms with Gasteiger partial charge in [0.2, 0.25) is 6.29 Å². The summed E-state index contributed by atoms with van der Waals surface area (Å²) in [6, 6.07) is 0. The smallest absolute Gasteiger partial charge is 0.338 e. The van der Waals surface area contributed by atoms with E-state index < -0.39 is 165 Å². The first-order valence-corrected chi connectivity index (χ1v) is 29.2. The molecule has 8 fully saturated rings. The maximum absolute atomic E-state index is 14.8. The average Bonchev–Trinajstić information content (AvgIpc) is 3.41. The van der Waals surface area contributed by atoms with Gasteiger partial charge in [-0.05, 0) is 115 Å². The molecule has 4 heterocycles. The van der Waals surface area contributed by atoms with E-state index in [0.29, 0.717) is 44.9 Å². The van der Waals surface area contributed by atoms with Crippen LogP contribution in [0.15, 0.2) is 11.6 Å². The highest BCUT2D eigenvalue weighted by molar-refractivity contribution is 5.79. The minimum atomic E-state index is -1.97. The zero-order valence-corrected chi connectivity index (χ0v) is 47.5. The summed E-state index contributed by atoms with van der Waals surface area (Å²) in [7, 11) is 0. The monoisotopic (exact) mass is 1140 g/mol. The molecule has 5 aliphatic carbocycles. The van der Waals surface area contributed by atoms with Crippen LogP contribution in [0, 0.1) is 50.2 Å². The van der Waals surface area contributed by atoms with Crippen LogP contribution in [0.2, 0.25) is 0 Å². The van der Waals surface area contributed by atoms with E-state index in [9.17, 15) is 70.9 Å². The van der Waals surface area contributed by atoms with Gasteiger partial charge in [0.1, 0.15) is 85.5 Å². The Kier molecular flexibility index (Phi) is 18.2. The number of allylic oxidation sites excluding steroid dienone is 2. The van der Waals surface area contributed by atoms with Crippen molar-refractivity contribution in [3.63, 3.8) is 0 Å². The molecule has 23 nitrogen and oxygen atoms in total. The number of unbranched alkanes of at least 4 members (excludes halogenated alkanes) is 1. The zero-order chi connectivity index (χ0) is 58.4. The van der Waals surface area contributed by atoms with Gasteiger partial charge in [0.15, 0.2) is 25.0 Å². The highest BCUT2D eigenvalue weighted by Gasteiger charge is 2.70. The molecule has 4 aliphatic heterocycles. The van der Waals surface area contributed by atoms with E-state index >= 15 is 0 Å². The van der Waals surface area contributed by atoms with Crippen LogP contribution in [-0.2, 0) is 52.2 Å². The largest absolute Gasteiger partial charge is 0.464 e. The van der Waals surface area contributed by atoms with Gasteiger partial charge in [0.25, 0.3) is 0 Å². The van der Waals surface area contributed by atoms with Gasteiger partial charge >= 0.3 is 11.9 Å². The van der Waals surface area contributed by atoms with Crippen LogP contribution >= 0.6 is 0 Å². The third kappa shape index (κ3) is 10.6. The van der Waals surface area contributed by atoms with Gasteiger partial charge in [-0.15, -0.1) is 0 Å². The molecule has 458 valence electrons. The number of carbonyl (C=O) groups excluding carboxylic acids is 2. The van der Waals surface area contributed by atoms with Crippen LogP contribution < -0.4 is 0 Å². The van der Waals surface area contributed by atoms with Crippen molar-refractivity contribution >= 4 is 11.9 Å². The zero-order valence-electron chi connectivity index (χ0n) is 47.5. The predicted molar refractivity (Wildman–Crippen MR) is 276 cm³/mol. The second-order valence-electron chi connectivity index (χ2n) is 27.0. The molecule has 23 heteroatoms. The molecule has 0 aromatic carbocycles. The van der Waals surface area contributed by atoms with E-state index in [4.69, 9.17) is 42.6 Å². The lowest BCUT2D eigenvalue weighted by Crippen LogP contribution is -2.68. The Morgan fingerprint density at radius 1 is 0.625 bits per heavy atom. The summed E-state index contributed by atoms with van der Waals surface area (Å²) < 4.78 is 54.8. The summed E-state index contributed by atoms with van der Waals surface area (Å²) >= 11 is 0. The first-order valence-electron chi connectivity index (χ1n) is 29.2. The van der Waals surface area contributed by atoms with Crippen molar-refractivity contribution in [2.75, 3.05) is 26.4 Å². The van der Waals surface area contributed by atoms with E-state index in [0.717, 1.165) is 32.1 Å². The predicted octanol–water partition coefficient (Wildman–Crippen LogP) is -0.0452. The van der Waals surface area contributed by atoms with Crippen molar-refractivity contribution in [2.24, 2.45) is 50.2 Å². The lowest BCUT2D eigenvalue weighted by atomic mass is 9.33. The standard InChI is InChI=1S/C57H92O23/c1-9-10-21-72-46(70)44-42(69)43(77-48-40(67)37(64)35(62)29(23-58)74-48)45(79-47-39(66)34(61)28(60)25-73-47)50(78-44)76-33-14-15-54(6)31(53(33,4)5)13-16-56(8)32(54)12-11-26-27-22-52(2,3)17-19-57(27,20-18-55(26,56)7)51(71)80-49-41(68)38(65)36(63)30(24-59)75-49/h11,27-45,47-50,58-69H,9-10,12-25H2,1-8H3/t27?,28-,29-,30-,31?,32?,33?,34-,35-,36-,37-,38-,39-,40-,41-,42+,43-,44+,45-,47-,48+,49+,50-,54?,55?,56?,57?/m1/s1. The van der Waals surface area contributed by atoms with Gasteiger partial charge in [-0.2, -0.15) is 0 Å². The molecule has 80 heavy (non-hydrogen) atoms. The summed E-state index contributed by atoms with van der Waals surface area (Å²) in [6.45, 7) is 15.8. The fourth-order valence-electron chi connectivity index (χ4n) is 16.6. The Balaban J connectivity index is 1.01. The SMILES string of the molecule is CCCCOC(=O)[C@H]1O[C@@H](OC2CCC3(C)C(CCC4(C)C3CC=C3C5CC(C)(C)CCC5(C(=O)O[C@@H]5O[C@H](CO)[C@@H](O)[C@@H](O)[C@H]5O)CCC34C)C2(C)C)[C@H](O[C@H]2OC[C@@H](O)[C@@H](O)[C@H]2O)[C@H](O[C@@H]2O[C@H](CO)[C@@H](O)[C@@H](O)[C@H]2O)[C@@H]1O. The van der Waals surface area contributed by atoms with Crippen molar-refractivity contribution in [3.05, 3.63) is 11.6 Å². The van der Waals surface area contributed by atoms with Gasteiger partial charge in [-0.25, -0.2) is 4.79 Å². The molecule has 0 radical (unpaired) electrons. The Bertz CT molecular complexity index is 2210. The average molecular weight is 1150 g/mol. The molecule has 0 bridgehead atoms. The maximum atomic E-state index is 14.8. The molecular weight excluding hydrogens is 1050 g/mol. The number of hydrogen-bond donors (Lipinski definition) is 12. The molecule has 9 aliphatic rings. The number of aliphatic hydroxyl groups is 12. The number of aliphatic hydroxyl groups excluding tert-OH is 12. The van der Waals surface area contributed by atoms with Gasteiger partial charge in [-0.3, -0.25) is 4.79 Å². The lowest BCUT2D eigenvalue weighted by Gasteiger charge is -2.71. The molecule has 27 atom stereocenters. The van der Waals surface area contributed by atoms with E-state index in [1.165, 1.54) is 5.57 Å². The summed E-state index contributed by atoms with van der Waals surface area (Å²) in [6.07, 6.45) is -22.8. The van der Waals surface area contributed by atoms with E-state index in [1.807, 2.05) is 6.92 Å². The third-order valence-corrected chi connectivity index (χ3v) is 21.7. The second-order valence-corrected chi connectivity index (χ2v) is 27.0. The maximum Gasteiger partial charge on any atom is 0.338 e. The van der Waals surface area contributed by atoms with Crippen molar-refractivity contribution in [2.45, 2.75) is 255 Å². The van der Waals surface area contributed by atoms with Crippen LogP contribution in [0.3, 0.4) is 0 Å². The molecule has 0 amide bonds. The molecule has 0 aromatic heterocycles. The Morgan fingerprint density at radius 2 is 1.24 bits per heavy atom. The molecule has 4 saturated carbocycles. The van der Waals surface area contributed by atoms with Gasteiger partial charge in [0.05, 0.1) is 37.9 Å². The Labute approximate surface area is 467 Å². The van der Waals surface area contributed by atoms with Crippen LogP contribution in [0.5, 0.6) is 0 Å². The van der Waals surface area contributed by atoms with Gasteiger partial charge in [-0.1, -0.05) is 73.5 Å². The molecule has 0 aromatic rings. The van der Waals surface area contributed by atoms with Gasteiger partial charge in [0, 0.05) is 0 Å². The molecule has 9 rings (SSSR count). The topological polar surface area (TPSA) is 360 Å². The van der Waals surface area contributed by atoms with E-state index in [2.05, 4.69) is 54.5 Å². The minimum Gasteiger partial charge on any atom is -0.464 e. The first-order chi connectivity index (χ1) is 37.5. The number of carbonyl (C=O) groups is 2. The van der Waals surface area contributed by atoms with Crippen LogP contribution in [-0.4, -0.2) is 222 Å². The number of fused-ring (bicyclic) bond motifs is 7. The summed E-state index contributed by atoms with van der Waals surface area (Å²) in [5.74, 6) is -1.52. The first kappa shape index (κ1) is 62.5. The molecular formula is C57H92O23. The number of rotatable bonds is 14. The Hall–Kier alpha value is -2.08. The van der Waals surface area contributed by atoms with Crippen molar-refractivity contribution in [1.82, 2.24) is 0 Å². The van der Waals surface area contributed by atoms with Crippen LogP contribution in [0.4, 0.5) is 0 Å². The molecule has 4 saturated heterocycles. The quantitative estimate of drug-likeness (QED) is 0.0470. The Morgan fingerprint density at radius 3 is 1.89 bits per heavy atom. The lowest BCUT2D eigenvalue weighted by molar-refractivity contribution is -0.391. The number of esters is 2. The van der Waals surface area contributed by atoms with E-state index in [1.54, 1.807) is 0 Å². The second kappa shape index (κ2) is 23.3. The van der Waals surface area contributed by atoms with Crippen LogP contribution in [0.25, 0.3) is 0 Å². The van der Waals surface area contributed by atoms with Gasteiger partial charge < -0.3 is 104 Å².